The van der Waals surface area contributed by atoms with Crippen molar-refractivity contribution in [2.24, 2.45) is 0 Å². The molecule has 1 aromatic rings. The molecule has 0 saturated heterocycles. The van der Waals surface area contributed by atoms with E-state index in [1.807, 2.05) is 6.07 Å². The Hall–Kier alpha value is -0.220. The third-order valence-corrected chi connectivity index (χ3v) is 2.76. The zero-order chi connectivity index (χ0) is 11.3. The maximum Gasteiger partial charge on any atom is 0.125 e. The van der Waals surface area contributed by atoms with Crippen molar-refractivity contribution in [2.45, 2.75) is 6.61 Å². The van der Waals surface area contributed by atoms with Gasteiger partial charge in [-0.25, -0.2) is 0 Å². The van der Waals surface area contributed by atoms with E-state index in [2.05, 4.69) is 15.9 Å². The average Bonchev–Trinajstić information content (AvgIpc) is 2.26. The van der Waals surface area contributed by atoms with Crippen LogP contribution in [0.5, 0.6) is 5.75 Å². The Morgan fingerprint density at radius 1 is 1.53 bits per heavy atom. The predicted molar refractivity (Wildman–Crippen MR) is 65.3 cm³/mol. The van der Waals surface area contributed by atoms with Crippen LogP contribution in [0, 0.1) is 0 Å². The van der Waals surface area contributed by atoms with E-state index in [0.717, 1.165) is 4.47 Å². The van der Waals surface area contributed by atoms with Crippen molar-refractivity contribution in [3.63, 3.8) is 0 Å². The minimum atomic E-state index is -0.0863. The second kappa shape index (κ2) is 6.38. The molecule has 0 aliphatic rings. The molecular formula is C10H9BrCl2O2. The Labute approximate surface area is 107 Å². The lowest BCUT2D eigenvalue weighted by Gasteiger charge is -2.09. The molecule has 5 heteroatoms. The first-order chi connectivity index (χ1) is 7.17. The molecule has 1 aromatic carbocycles. The molecule has 0 aliphatic heterocycles. The van der Waals surface area contributed by atoms with Gasteiger partial charge in [0.1, 0.15) is 12.4 Å². The highest BCUT2D eigenvalue weighted by molar-refractivity contribution is 9.10. The standard InChI is InChI=1S/C10H9BrCl2O2/c11-8-1-2-10(7(3-8)5-14)15-6-9(13)4-12/h1-4,14H,5-6H2. The molecule has 0 spiro atoms. The summed E-state index contributed by atoms with van der Waals surface area (Å²) < 4.78 is 6.26. The van der Waals surface area contributed by atoms with Gasteiger partial charge in [-0.05, 0) is 18.2 Å². The number of halogens is 3. The lowest BCUT2D eigenvalue weighted by Crippen LogP contribution is -2.00. The normalized spacial score (nSPS) is 11.6. The second-order valence-corrected chi connectivity index (χ2v) is 4.37. The Morgan fingerprint density at radius 3 is 2.87 bits per heavy atom. The van der Waals surface area contributed by atoms with Crippen LogP contribution in [0.3, 0.4) is 0 Å². The van der Waals surface area contributed by atoms with Crippen molar-refractivity contribution >= 4 is 39.1 Å². The quantitative estimate of drug-likeness (QED) is 0.920. The smallest absolute Gasteiger partial charge is 0.125 e. The second-order valence-electron chi connectivity index (χ2n) is 2.75. The van der Waals surface area contributed by atoms with Crippen LogP contribution in [0.15, 0.2) is 33.2 Å². The maximum absolute atomic E-state index is 9.09. The molecular weight excluding hydrogens is 303 g/mol. The molecule has 1 N–H and O–H groups in total. The molecule has 0 unspecified atom stereocenters. The molecule has 0 heterocycles. The van der Waals surface area contributed by atoms with Crippen molar-refractivity contribution in [3.05, 3.63) is 38.8 Å². The third-order valence-electron chi connectivity index (χ3n) is 1.68. The van der Waals surface area contributed by atoms with Gasteiger partial charge in [0.2, 0.25) is 0 Å². The summed E-state index contributed by atoms with van der Waals surface area (Å²) in [6.07, 6.45) is 0. The van der Waals surface area contributed by atoms with Gasteiger partial charge < -0.3 is 9.84 Å². The van der Waals surface area contributed by atoms with Gasteiger partial charge in [-0.3, -0.25) is 0 Å². The summed E-state index contributed by atoms with van der Waals surface area (Å²) in [5, 5.41) is 9.50. The van der Waals surface area contributed by atoms with Gasteiger partial charge in [-0.15, -0.1) is 0 Å². The van der Waals surface area contributed by atoms with Crippen molar-refractivity contribution in [1.29, 1.82) is 0 Å². The predicted octanol–water partition coefficient (Wildman–Crippen LogP) is 3.64. The van der Waals surface area contributed by atoms with Gasteiger partial charge in [0.25, 0.3) is 0 Å². The van der Waals surface area contributed by atoms with Crippen LogP contribution in [-0.2, 0) is 6.61 Å². The van der Waals surface area contributed by atoms with E-state index >= 15 is 0 Å². The molecule has 82 valence electrons. The fourth-order valence-electron chi connectivity index (χ4n) is 0.991. The summed E-state index contributed by atoms with van der Waals surface area (Å²) in [7, 11) is 0. The minimum Gasteiger partial charge on any atom is -0.488 e. The van der Waals surface area contributed by atoms with Gasteiger partial charge in [0.05, 0.1) is 11.6 Å². The Morgan fingerprint density at radius 2 is 2.27 bits per heavy atom. The van der Waals surface area contributed by atoms with Crippen molar-refractivity contribution in [3.8, 4) is 5.75 Å². The number of hydrogen-bond acceptors (Lipinski definition) is 2. The number of aliphatic hydroxyl groups excluding tert-OH is 1. The van der Waals surface area contributed by atoms with Crippen LogP contribution in [0.2, 0.25) is 0 Å². The molecule has 0 aliphatic carbocycles. The maximum atomic E-state index is 9.09. The Kier molecular flexibility index (Phi) is 5.47. The SMILES string of the molecule is OCc1cc(Br)ccc1OCC(Cl)=CCl. The van der Waals surface area contributed by atoms with Gasteiger partial charge in [-0.2, -0.15) is 0 Å². The molecule has 0 radical (unpaired) electrons. The first-order valence-corrected chi connectivity index (χ1v) is 5.75. The van der Waals surface area contributed by atoms with E-state index in [1.54, 1.807) is 12.1 Å². The molecule has 0 saturated carbocycles. The minimum absolute atomic E-state index is 0.0863. The van der Waals surface area contributed by atoms with E-state index in [4.69, 9.17) is 33.0 Å². The first kappa shape index (κ1) is 12.8. The monoisotopic (exact) mass is 310 g/mol. The summed E-state index contributed by atoms with van der Waals surface area (Å²) in [5.41, 5.74) is 1.95. The van der Waals surface area contributed by atoms with Crippen molar-refractivity contribution in [2.75, 3.05) is 6.61 Å². The topological polar surface area (TPSA) is 29.5 Å². The summed E-state index contributed by atoms with van der Waals surface area (Å²) in [4.78, 5) is 0. The van der Waals surface area contributed by atoms with E-state index in [1.165, 1.54) is 5.54 Å². The lowest BCUT2D eigenvalue weighted by atomic mass is 10.2. The molecule has 0 fully saturated rings. The summed E-state index contributed by atoms with van der Waals surface area (Å²) >= 11 is 14.4. The van der Waals surface area contributed by atoms with Crippen LogP contribution in [0.4, 0.5) is 0 Å². The Bertz CT molecular complexity index is 366. The molecule has 15 heavy (non-hydrogen) atoms. The number of ether oxygens (including phenoxy) is 1. The molecule has 0 bridgehead atoms. The molecule has 0 atom stereocenters. The molecule has 0 aromatic heterocycles. The van der Waals surface area contributed by atoms with E-state index in [9.17, 15) is 0 Å². The zero-order valence-electron chi connectivity index (χ0n) is 7.71. The fraction of sp³-hybridized carbons (Fsp3) is 0.200. The highest BCUT2D eigenvalue weighted by atomic mass is 79.9. The zero-order valence-corrected chi connectivity index (χ0v) is 10.8. The first-order valence-electron chi connectivity index (χ1n) is 4.14. The molecule has 2 nitrogen and oxygen atoms in total. The summed E-state index contributed by atoms with van der Waals surface area (Å²) in [6.45, 7) is 0.108. The third kappa shape index (κ3) is 4.03. The highest BCUT2D eigenvalue weighted by Gasteiger charge is 2.04. The highest BCUT2D eigenvalue weighted by Crippen LogP contribution is 2.24. The number of benzene rings is 1. The van der Waals surface area contributed by atoms with Crippen LogP contribution in [0.1, 0.15) is 5.56 Å². The molecule has 0 amide bonds. The van der Waals surface area contributed by atoms with Gasteiger partial charge in [0.15, 0.2) is 0 Å². The Balaban J connectivity index is 2.76. The summed E-state index contributed by atoms with van der Waals surface area (Å²) in [5.74, 6) is 0.595. The van der Waals surface area contributed by atoms with Crippen LogP contribution in [-0.4, -0.2) is 11.7 Å². The molecule has 1 rings (SSSR count). The van der Waals surface area contributed by atoms with Crippen LogP contribution >= 0.6 is 39.1 Å². The summed E-state index contributed by atoms with van der Waals surface area (Å²) in [6, 6.07) is 5.37. The van der Waals surface area contributed by atoms with Crippen molar-refractivity contribution < 1.29 is 9.84 Å². The fourth-order valence-corrected chi connectivity index (χ4v) is 1.52. The van der Waals surface area contributed by atoms with E-state index in [-0.39, 0.29) is 13.2 Å². The number of aliphatic hydroxyl groups is 1. The van der Waals surface area contributed by atoms with Crippen LogP contribution < -0.4 is 4.74 Å². The van der Waals surface area contributed by atoms with Crippen LogP contribution in [0.25, 0.3) is 0 Å². The van der Waals surface area contributed by atoms with Crippen molar-refractivity contribution in [1.82, 2.24) is 0 Å². The van der Waals surface area contributed by atoms with Gasteiger partial charge in [0, 0.05) is 15.6 Å². The number of rotatable bonds is 4. The van der Waals surface area contributed by atoms with E-state index < -0.39 is 0 Å². The van der Waals surface area contributed by atoms with Gasteiger partial charge in [-0.1, -0.05) is 39.1 Å². The lowest BCUT2D eigenvalue weighted by molar-refractivity contribution is 0.269. The van der Waals surface area contributed by atoms with E-state index in [0.29, 0.717) is 16.3 Å². The largest absolute Gasteiger partial charge is 0.488 e. The van der Waals surface area contributed by atoms with Gasteiger partial charge >= 0.3 is 0 Å². The number of hydrogen-bond donors (Lipinski definition) is 1. The average molecular weight is 312 g/mol.